The fourth-order valence-electron chi connectivity index (χ4n) is 2.10. The Morgan fingerprint density at radius 2 is 1.70 bits per heavy atom. The van der Waals surface area contributed by atoms with Crippen LogP contribution < -0.4 is 0 Å². The lowest BCUT2D eigenvalue weighted by Gasteiger charge is -2.16. The van der Waals surface area contributed by atoms with Gasteiger partial charge < -0.3 is 4.52 Å². The Bertz CT molecular complexity index is 557. The standard InChI is InChI=1S/C13H17N3O4/c1-7(2)5-15-11(17)12(18)16(13(15)19)6-10-8(3)14-20-9(10)4/h7H,5-6H2,1-4H3. The van der Waals surface area contributed by atoms with Crippen LogP contribution in [0.2, 0.25) is 0 Å². The Kier molecular flexibility index (Phi) is 3.61. The summed E-state index contributed by atoms with van der Waals surface area (Å²) in [5, 5.41) is 3.77. The van der Waals surface area contributed by atoms with Gasteiger partial charge in [0.15, 0.2) is 0 Å². The van der Waals surface area contributed by atoms with Crippen molar-refractivity contribution in [2.75, 3.05) is 6.54 Å². The maximum absolute atomic E-state index is 12.2. The number of aromatic nitrogens is 1. The first-order chi connectivity index (χ1) is 9.32. The van der Waals surface area contributed by atoms with E-state index in [9.17, 15) is 14.4 Å². The first-order valence-corrected chi connectivity index (χ1v) is 6.42. The minimum atomic E-state index is -0.796. The Hall–Kier alpha value is -2.18. The normalized spacial score (nSPS) is 15.9. The van der Waals surface area contributed by atoms with E-state index in [0.29, 0.717) is 17.0 Å². The maximum atomic E-state index is 12.2. The predicted molar refractivity (Wildman–Crippen MR) is 68.5 cm³/mol. The molecule has 0 bridgehead atoms. The van der Waals surface area contributed by atoms with Crippen LogP contribution in [0.1, 0.15) is 30.9 Å². The van der Waals surface area contributed by atoms with Crippen molar-refractivity contribution in [2.24, 2.45) is 5.92 Å². The van der Waals surface area contributed by atoms with Gasteiger partial charge in [0.25, 0.3) is 0 Å². The van der Waals surface area contributed by atoms with Crippen LogP contribution in [0.15, 0.2) is 4.52 Å². The average Bonchev–Trinajstić information content (AvgIpc) is 2.78. The SMILES string of the molecule is Cc1noc(C)c1CN1C(=O)C(=O)N(CC(C)C)C1=O. The third kappa shape index (κ3) is 2.31. The van der Waals surface area contributed by atoms with Crippen molar-refractivity contribution >= 4 is 17.8 Å². The van der Waals surface area contributed by atoms with Gasteiger partial charge >= 0.3 is 17.8 Å². The predicted octanol–water partition coefficient (Wildman–Crippen LogP) is 1.24. The van der Waals surface area contributed by atoms with Crippen LogP contribution >= 0.6 is 0 Å². The number of hydrogen-bond donors (Lipinski definition) is 0. The molecule has 1 saturated heterocycles. The van der Waals surface area contributed by atoms with Gasteiger partial charge in [0.05, 0.1) is 12.2 Å². The van der Waals surface area contributed by atoms with Gasteiger partial charge in [-0.25, -0.2) is 4.79 Å². The lowest BCUT2D eigenvalue weighted by atomic mass is 10.2. The van der Waals surface area contributed by atoms with Crippen LogP contribution in [-0.4, -0.2) is 39.3 Å². The van der Waals surface area contributed by atoms with Crippen LogP contribution in [0.5, 0.6) is 0 Å². The molecule has 0 aliphatic carbocycles. The summed E-state index contributed by atoms with van der Waals surface area (Å²) in [5.41, 5.74) is 1.27. The Morgan fingerprint density at radius 1 is 1.10 bits per heavy atom. The largest absolute Gasteiger partial charge is 0.361 e. The summed E-state index contributed by atoms with van der Waals surface area (Å²) in [6.45, 7) is 7.43. The highest BCUT2D eigenvalue weighted by Gasteiger charge is 2.44. The van der Waals surface area contributed by atoms with Gasteiger partial charge in [0.2, 0.25) is 0 Å². The molecule has 1 aliphatic heterocycles. The molecule has 0 unspecified atom stereocenters. The maximum Gasteiger partial charge on any atom is 0.334 e. The number of nitrogens with zero attached hydrogens (tertiary/aromatic N) is 3. The molecular formula is C13H17N3O4. The van der Waals surface area contributed by atoms with E-state index in [2.05, 4.69) is 5.16 Å². The summed E-state index contributed by atoms with van der Waals surface area (Å²) in [5.74, 6) is -0.918. The molecule has 108 valence electrons. The number of urea groups is 1. The van der Waals surface area contributed by atoms with Gasteiger partial charge in [-0.3, -0.25) is 19.4 Å². The van der Waals surface area contributed by atoms with E-state index in [1.54, 1.807) is 13.8 Å². The van der Waals surface area contributed by atoms with Crippen molar-refractivity contribution in [1.82, 2.24) is 15.0 Å². The molecule has 2 heterocycles. The van der Waals surface area contributed by atoms with Crippen molar-refractivity contribution < 1.29 is 18.9 Å². The summed E-state index contributed by atoms with van der Waals surface area (Å²) in [6.07, 6.45) is 0. The number of carbonyl (C=O) groups excluding carboxylic acids is 3. The van der Waals surface area contributed by atoms with E-state index in [4.69, 9.17) is 4.52 Å². The average molecular weight is 279 g/mol. The zero-order chi connectivity index (χ0) is 15.0. The number of amides is 4. The molecule has 1 fully saturated rings. The minimum absolute atomic E-state index is 0.0131. The van der Waals surface area contributed by atoms with Crippen LogP contribution in [0, 0.1) is 19.8 Å². The van der Waals surface area contributed by atoms with Crippen molar-refractivity contribution in [2.45, 2.75) is 34.2 Å². The Balaban J connectivity index is 2.23. The van der Waals surface area contributed by atoms with Gasteiger partial charge in [-0.2, -0.15) is 0 Å². The topological polar surface area (TPSA) is 83.7 Å². The summed E-state index contributed by atoms with van der Waals surface area (Å²) in [4.78, 5) is 37.9. The van der Waals surface area contributed by atoms with Crippen molar-refractivity contribution in [3.05, 3.63) is 17.0 Å². The fourth-order valence-corrected chi connectivity index (χ4v) is 2.10. The van der Waals surface area contributed by atoms with Crippen LogP contribution in [-0.2, 0) is 16.1 Å². The lowest BCUT2D eigenvalue weighted by molar-refractivity contribution is -0.143. The highest BCUT2D eigenvalue weighted by molar-refractivity contribution is 6.44. The second-order valence-electron chi connectivity index (χ2n) is 5.29. The van der Waals surface area contributed by atoms with E-state index in [1.165, 1.54) is 0 Å². The molecule has 0 N–H and O–H groups in total. The number of aryl methyl sites for hydroxylation is 2. The van der Waals surface area contributed by atoms with Gasteiger partial charge in [-0.05, 0) is 19.8 Å². The number of imide groups is 2. The lowest BCUT2D eigenvalue weighted by Crippen LogP contribution is -2.35. The van der Waals surface area contributed by atoms with Gasteiger partial charge in [-0.15, -0.1) is 0 Å². The second kappa shape index (κ2) is 5.07. The first kappa shape index (κ1) is 14.2. The van der Waals surface area contributed by atoms with Gasteiger partial charge in [0.1, 0.15) is 5.76 Å². The quantitative estimate of drug-likeness (QED) is 0.611. The molecule has 1 aromatic heterocycles. The molecule has 0 spiro atoms. The molecule has 0 atom stereocenters. The van der Waals surface area contributed by atoms with Crippen molar-refractivity contribution in [3.8, 4) is 0 Å². The zero-order valence-corrected chi connectivity index (χ0v) is 12.0. The fraction of sp³-hybridized carbons (Fsp3) is 0.538. The Labute approximate surface area is 116 Å². The van der Waals surface area contributed by atoms with E-state index in [1.807, 2.05) is 13.8 Å². The van der Waals surface area contributed by atoms with Crippen LogP contribution in [0.4, 0.5) is 4.79 Å². The van der Waals surface area contributed by atoms with Crippen LogP contribution in [0.25, 0.3) is 0 Å². The number of hydrogen-bond acceptors (Lipinski definition) is 5. The van der Waals surface area contributed by atoms with Crippen molar-refractivity contribution in [3.63, 3.8) is 0 Å². The third-order valence-electron chi connectivity index (χ3n) is 3.18. The molecule has 1 aliphatic rings. The highest BCUT2D eigenvalue weighted by atomic mass is 16.5. The molecule has 7 heteroatoms. The van der Waals surface area contributed by atoms with E-state index >= 15 is 0 Å². The van der Waals surface area contributed by atoms with Crippen molar-refractivity contribution in [1.29, 1.82) is 0 Å². The molecule has 7 nitrogen and oxygen atoms in total. The monoisotopic (exact) mass is 279 g/mol. The molecule has 0 saturated carbocycles. The summed E-state index contributed by atoms with van der Waals surface area (Å²) >= 11 is 0. The Morgan fingerprint density at radius 3 is 2.20 bits per heavy atom. The molecule has 20 heavy (non-hydrogen) atoms. The summed E-state index contributed by atoms with van der Waals surface area (Å²) < 4.78 is 5.00. The molecular weight excluding hydrogens is 262 g/mol. The van der Waals surface area contributed by atoms with Gasteiger partial charge in [0, 0.05) is 12.1 Å². The molecule has 4 amide bonds. The molecule has 0 radical (unpaired) electrons. The number of carbonyl (C=O) groups is 3. The first-order valence-electron chi connectivity index (χ1n) is 6.42. The summed E-state index contributed by atoms with van der Waals surface area (Å²) in [7, 11) is 0. The highest BCUT2D eigenvalue weighted by Crippen LogP contribution is 2.20. The van der Waals surface area contributed by atoms with Gasteiger partial charge in [-0.1, -0.05) is 19.0 Å². The smallest absolute Gasteiger partial charge is 0.334 e. The minimum Gasteiger partial charge on any atom is -0.361 e. The van der Waals surface area contributed by atoms with E-state index in [0.717, 1.165) is 9.80 Å². The molecule has 2 rings (SSSR count). The number of rotatable bonds is 4. The molecule has 0 aromatic carbocycles. The van der Waals surface area contributed by atoms with E-state index < -0.39 is 17.8 Å². The summed E-state index contributed by atoms with van der Waals surface area (Å²) in [6, 6.07) is -0.575. The van der Waals surface area contributed by atoms with E-state index in [-0.39, 0.29) is 19.0 Å². The second-order valence-corrected chi connectivity index (χ2v) is 5.29. The zero-order valence-electron chi connectivity index (χ0n) is 12.0. The molecule has 1 aromatic rings. The van der Waals surface area contributed by atoms with Crippen LogP contribution in [0.3, 0.4) is 0 Å². The third-order valence-corrected chi connectivity index (χ3v) is 3.18.